The minimum absolute atomic E-state index is 0.0210. The lowest BCUT2D eigenvalue weighted by molar-refractivity contribution is -0.275. The van der Waals surface area contributed by atoms with E-state index in [1.165, 1.54) is 68.8 Å². The van der Waals surface area contributed by atoms with Gasteiger partial charge in [-0.2, -0.15) is 0 Å². The molecule has 65 heavy (non-hydrogen) atoms. The second kappa shape index (κ2) is 21.2. The number of ether oxygens (including phenoxy) is 8. The van der Waals surface area contributed by atoms with E-state index in [-0.39, 0.29) is 45.1 Å². The van der Waals surface area contributed by atoms with Crippen LogP contribution in [0.15, 0.2) is 164 Å². The zero-order valence-electron chi connectivity index (χ0n) is 35.0. The summed E-state index contributed by atoms with van der Waals surface area (Å²) in [5, 5.41) is 10.2. The van der Waals surface area contributed by atoms with Gasteiger partial charge in [0.05, 0.1) is 42.0 Å². The monoisotopic (exact) mass is 878 g/mol. The van der Waals surface area contributed by atoms with Crippen molar-refractivity contribution in [3.05, 3.63) is 197 Å². The molecule has 0 spiro atoms. The average Bonchev–Trinajstić information content (AvgIpc) is 3.35. The molecule has 6 aromatic rings. The third kappa shape index (κ3) is 11.1. The van der Waals surface area contributed by atoms with Gasteiger partial charge in [-0.3, -0.25) is 0 Å². The van der Waals surface area contributed by atoms with Gasteiger partial charge in [0.1, 0.15) is 12.7 Å². The Kier molecular flexibility index (Phi) is 14.6. The van der Waals surface area contributed by atoms with Gasteiger partial charge in [0, 0.05) is 0 Å². The van der Waals surface area contributed by atoms with Crippen molar-refractivity contribution in [1.82, 2.24) is 0 Å². The fraction of sp³-hybridized carbons (Fsp3) is 0.157. The van der Waals surface area contributed by atoms with Crippen LogP contribution in [0.5, 0.6) is 17.2 Å². The van der Waals surface area contributed by atoms with Crippen LogP contribution in [0.1, 0.15) is 52.6 Å². The molecular weight excluding hydrogens is 837 g/mol. The van der Waals surface area contributed by atoms with Crippen molar-refractivity contribution in [3.63, 3.8) is 0 Å². The van der Waals surface area contributed by atoms with E-state index >= 15 is 0 Å². The van der Waals surface area contributed by atoms with E-state index in [2.05, 4.69) is 0 Å². The Morgan fingerprint density at radius 1 is 0.523 bits per heavy atom. The van der Waals surface area contributed by atoms with E-state index in [1.54, 1.807) is 115 Å². The number of aliphatic carboxylic acids is 1. The first kappa shape index (κ1) is 44.8. The van der Waals surface area contributed by atoms with Gasteiger partial charge in [0.2, 0.25) is 18.1 Å². The van der Waals surface area contributed by atoms with Crippen LogP contribution in [0.2, 0.25) is 0 Å². The molecule has 0 amide bonds. The molecule has 1 N–H and O–H groups in total. The molecule has 1 aliphatic rings. The zero-order valence-corrected chi connectivity index (χ0v) is 35.0. The highest BCUT2D eigenvalue weighted by atomic mass is 16.7. The molecule has 6 aromatic carbocycles. The Morgan fingerprint density at radius 3 is 1.32 bits per heavy atom. The van der Waals surface area contributed by atoms with Crippen LogP contribution in [-0.2, 0) is 28.5 Å². The fourth-order valence-corrected chi connectivity index (χ4v) is 6.89. The molecule has 14 nitrogen and oxygen atoms in total. The molecule has 330 valence electrons. The molecule has 0 aromatic heterocycles. The number of esters is 4. The second-order valence-electron chi connectivity index (χ2n) is 14.3. The molecule has 0 saturated carbocycles. The van der Waals surface area contributed by atoms with Crippen LogP contribution in [0.3, 0.4) is 0 Å². The number of carbonyl (C=O) groups is 5. The number of rotatable bonds is 16. The van der Waals surface area contributed by atoms with Gasteiger partial charge in [-0.25, -0.2) is 24.0 Å². The molecule has 14 heteroatoms. The number of methoxy groups -OCH3 is 2. The van der Waals surface area contributed by atoms with Gasteiger partial charge in [-0.1, -0.05) is 103 Å². The van der Waals surface area contributed by atoms with E-state index < -0.39 is 67.2 Å². The quantitative estimate of drug-likeness (QED) is 0.0428. The minimum Gasteiger partial charge on any atom is -0.493 e. The van der Waals surface area contributed by atoms with E-state index in [0.717, 1.165) is 0 Å². The Labute approximate surface area is 373 Å². The zero-order chi connectivity index (χ0) is 45.7. The Bertz CT molecular complexity index is 2590. The highest BCUT2D eigenvalue weighted by Gasteiger charge is 2.54. The predicted octanol–water partition coefficient (Wildman–Crippen LogP) is 7.97. The van der Waals surface area contributed by atoms with E-state index in [9.17, 15) is 29.1 Å². The van der Waals surface area contributed by atoms with Crippen LogP contribution in [0.25, 0.3) is 11.6 Å². The summed E-state index contributed by atoms with van der Waals surface area (Å²) in [7, 11) is 2.68. The van der Waals surface area contributed by atoms with Crippen molar-refractivity contribution in [2.24, 2.45) is 0 Å². The van der Waals surface area contributed by atoms with Crippen molar-refractivity contribution in [3.8, 4) is 17.2 Å². The van der Waals surface area contributed by atoms with Gasteiger partial charge in [-0.15, -0.1) is 0 Å². The van der Waals surface area contributed by atoms with Crippen LogP contribution in [0, 0.1) is 0 Å². The predicted molar refractivity (Wildman–Crippen MR) is 234 cm³/mol. The molecule has 1 aliphatic heterocycles. The minimum atomic E-state index is -1.74. The Morgan fingerprint density at radius 2 is 0.908 bits per heavy atom. The van der Waals surface area contributed by atoms with Crippen molar-refractivity contribution in [1.29, 1.82) is 0 Å². The van der Waals surface area contributed by atoms with E-state index in [0.29, 0.717) is 11.1 Å². The average molecular weight is 879 g/mol. The SMILES string of the molecule is COc1cc(C=C(C(=O)O)c2ccccc2)cc(OC)c1O[C@@H]1O[C@H](COC(=O)c2ccccc2)[C@H](OC(=O)c2ccccc2)[C@H](OC(=O)c2ccccc2)[C@H]1OC(=O)c1ccccc1. The highest BCUT2D eigenvalue weighted by molar-refractivity contribution is 6.20. The van der Waals surface area contributed by atoms with Gasteiger partial charge in [-0.05, 0) is 77.9 Å². The highest BCUT2D eigenvalue weighted by Crippen LogP contribution is 2.42. The maximum absolute atomic E-state index is 14.1. The summed E-state index contributed by atoms with van der Waals surface area (Å²) in [6.45, 7) is -0.589. The molecule has 0 radical (unpaired) electrons. The van der Waals surface area contributed by atoms with Crippen molar-refractivity contribution >= 4 is 41.5 Å². The number of carbonyl (C=O) groups excluding carboxylic acids is 4. The summed E-state index contributed by atoms with van der Waals surface area (Å²) in [5.74, 6) is -4.66. The van der Waals surface area contributed by atoms with Crippen molar-refractivity contribution < 1.29 is 67.0 Å². The smallest absolute Gasteiger partial charge is 0.338 e. The first-order chi connectivity index (χ1) is 31.6. The first-order valence-corrected chi connectivity index (χ1v) is 20.2. The van der Waals surface area contributed by atoms with E-state index in [1.807, 2.05) is 0 Å². The summed E-state index contributed by atoms with van der Waals surface area (Å²) in [6, 6.07) is 43.5. The van der Waals surface area contributed by atoms with Crippen LogP contribution >= 0.6 is 0 Å². The molecule has 7 rings (SSSR count). The molecule has 5 atom stereocenters. The lowest BCUT2D eigenvalue weighted by Gasteiger charge is -2.44. The van der Waals surface area contributed by atoms with Crippen LogP contribution < -0.4 is 14.2 Å². The summed E-state index contributed by atoms with van der Waals surface area (Å²) < 4.78 is 48.8. The topological polar surface area (TPSA) is 179 Å². The third-order valence-corrected chi connectivity index (χ3v) is 10.1. The summed E-state index contributed by atoms with van der Waals surface area (Å²) in [6.07, 6.45) is -6.82. The van der Waals surface area contributed by atoms with Crippen molar-refractivity contribution in [2.45, 2.75) is 30.7 Å². The molecule has 1 heterocycles. The van der Waals surface area contributed by atoms with Crippen LogP contribution in [-0.4, -0.2) is 86.5 Å². The summed E-state index contributed by atoms with van der Waals surface area (Å²) >= 11 is 0. The molecule has 0 aliphatic carbocycles. The van der Waals surface area contributed by atoms with Gasteiger partial charge in [0.15, 0.2) is 23.7 Å². The Balaban J connectivity index is 1.35. The Hall–Kier alpha value is -8.23. The number of carboxylic acids is 1. The second-order valence-corrected chi connectivity index (χ2v) is 14.3. The normalized spacial score (nSPS) is 18.0. The molecular formula is C51H42O14. The van der Waals surface area contributed by atoms with Crippen LogP contribution in [0.4, 0.5) is 0 Å². The molecule has 0 bridgehead atoms. The maximum atomic E-state index is 14.1. The molecule has 1 saturated heterocycles. The van der Waals surface area contributed by atoms with Crippen molar-refractivity contribution in [2.75, 3.05) is 20.8 Å². The maximum Gasteiger partial charge on any atom is 0.338 e. The van der Waals surface area contributed by atoms with Gasteiger partial charge in [0.25, 0.3) is 0 Å². The first-order valence-electron chi connectivity index (χ1n) is 20.2. The number of carboxylic acid groups (broad SMARTS) is 1. The van der Waals surface area contributed by atoms with E-state index in [4.69, 9.17) is 37.9 Å². The number of hydrogen-bond acceptors (Lipinski definition) is 13. The number of benzene rings is 6. The lowest BCUT2D eigenvalue weighted by Crippen LogP contribution is -2.64. The fourth-order valence-electron chi connectivity index (χ4n) is 6.89. The van der Waals surface area contributed by atoms with Gasteiger partial charge >= 0.3 is 29.8 Å². The summed E-state index contributed by atoms with van der Waals surface area (Å²) in [5.41, 5.74) is 1.30. The molecule has 0 unspecified atom stereocenters. The summed E-state index contributed by atoms with van der Waals surface area (Å²) in [4.78, 5) is 67.8. The molecule has 1 fully saturated rings. The largest absolute Gasteiger partial charge is 0.493 e. The standard InChI is InChI=1S/C51H42O14/c1-58-39-29-32(28-38(46(52)53)33-18-8-3-9-19-33)30-40(59-2)42(39)65-51-45(64-50(57)37-26-16-7-17-27-37)44(63-49(56)36-24-14-6-15-25-36)43(62-48(55)35-22-12-5-13-23-35)41(61-51)31-60-47(54)34-20-10-4-11-21-34/h3-30,41,43-45,51H,31H2,1-2H3,(H,52,53)/t41-,43+,44+,45-,51+/m1/s1. The third-order valence-electron chi connectivity index (χ3n) is 10.1. The lowest BCUT2D eigenvalue weighted by atomic mass is 9.97. The van der Waals surface area contributed by atoms with Gasteiger partial charge < -0.3 is 43.0 Å². The number of hydrogen-bond donors (Lipinski definition) is 1.